The molecule has 0 aromatic carbocycles. The van der Waals surface area contributed by atoms with E-state index in [2.05, 4.69) is 65.4 Å². The molecule has 1 N–H and O–H groups in total. The van der Waals surface area contributed by atoms with Crippen LogP contribution in [0.4, 0.5) is 0 Å². The zero-order chi connectivity index (χ0) is 24.4. The summed E-state index contributed by atoms with van der Waals surface area (Å²) in [6, 6.07) is 0.891. The molecule has 8 saturated carbocycles. The van der Waals surface area contributed by atoms with Crippen molar-refractivity contribution >= 4 is 5.96 Å². The summed E-state index contributed by atoms with van der Waals surface area (Å²) >= 11 is 0. The summed E-state index contributed by atoms with van der Waals surface area (Å²) < 4.78 is 0. The molecule has 0 amide bonds. The fourth-order valence-corrected chi connectivity index (χ4v) is 12.6. The lowest BCUT2D eigenvalue weighted by atomic mass is 9.39. The van der Waals surface area contributed by atoms with E-state index in [1.165, 1.54) is 64.2 Å². The van der Waals surface area contributed by atoms with Gasteiger partial charge >= 0.3 is 0 Å². The molecule has 0 radical (unpaired) electrons. The van der Waals surface area contributed by atoms with E-state index in [0.29, 0.717) is 33.7 Å². The molecule has 8 rings (SSSR count). The van der Waals surface area contributed by atoms with Crippen LogP contribution in [0.5, 0.6) is 0 Å². The highest BCUT2D eigenvalue weighted by Crippen LogP contribution is 2.70. The molecule has 34 heavy (non-hydrogen) atoms. The van der Waals surface area contributed by atoms with E-state index in [1.54, 1.807) is 0 Å². The molecule has 0 aliphatic heterocycles. The van der Waals surface area contributed by atoms with Crippen LogP contribution >= 0.6 is 0 Å². The molecule has 3 heteroatoms. The summed E-state index contributed by atoms with van der Waals surface area (Å²) in [6.07, 6.45) is 14.4. The monoisotopic (exact) mass is 467 g/mol. The van der Waals surface area contributed by atoms with Crippen molar-refractivity contribution in [3.8, 4) is 0 Å². The summed E-state index contributed by atoms with van der Waals surface area (Å²) in [5.41, 5.74) is 1.85. The smallest absolute Gasteiger partial charge is 0.193 e. The zero-order valence-electron chi connectivity index (χ0n) is 23.6. The fourth-order valence-electron chi connectivity index (χ4n) is 12.6. The number of nitrogens with zero attached hydrogens (tertiary/aromatic N) is 2. The Morgan fingerprint density at radius 3 is 1.24 bits per heavy atom. The van der Waals surface area contributed by atoms with Crippen molar-refractivity contribution < 1.29 is 0 Å². The summed E-state index contributed by atoms with van der Waals surface area (Å²) in [5.74, 6) is 6.05. The van der Waals surface area contributed by atoms with Crippen LogP contribution in [0.15, 0.2) is 0 Å². The minimum absolute atomic E-state index is 0.394. The van der Waals surface area contributed by atoms with Gasteiger partial charge in [0.2, 0.25) is 0 Å². The minimum atomic E-state index is 0.394. The molecule has 0 saturated heterocycles. The summed E-state index contributed by atoms with van der Waals surface area (Å²) in [6.45, 7) is 15.3. The second kappa shape index (κ2) is 7.18. The van der Waals surface area contributed by atoms with Crippen molar-refractivity contribution in [1.29, 1.82) is 5.41 Å². The van der Waals surface area contributed by atoms with Crippen molar-refractivity contribution in [3.63, 3.8) is 0 Å². The van der Waals surface area contributed by atoms with E-state index in [1.807, 2.05) is 0 Å². The average Bonchev–Trinajstić information content (AvgIpc) is 2.77. The van der Waals surface area contributed by atoms with Gasteiger partial charge in [-0.05, 0) is 135 Å². The first kappa shape index (κ1) is 23.7. The van der Waals surface area contributed by atoms with Gasteiger partial charge in [-0.1, -0.05) is 27.7 Å². The van der Waals surface area contributed by atoms with Gasteiger partial charge in [-0.3, -0.25) is 5.41 Å². The van der Waals surface area contributed by atoms with Gasteiger partial charge in [-0.25, -0.2) is 0 Å². The molecule has 8 aliphatic rings. The maximum Gasteiger partial charge on any atom is 0.193 e. The highest BCUT2D eigenvalue weighted by atomic mass is 15.4. The van der Waals surface area contributed by atoms with E-state index in [4.69, 9.17) is 0 Å². The van der Waals surface area contributed by atoms with Gasteiger partial charge in [0.15, 0.2) is 5.96 Å². The average molecular weight is 468 g/mol. The lowest BCUT2D eigenvalue weighted by Crippen LogP contribution is -2.66. The number of nitrogens with one attached hydrogen (secondary N) is 1. The third-order valence-corrected chi connectivity index (χ3v) is 14.3. The number of hydrogen-bond donors (Lipinski definition) is 1. The van der Waals surface area contributed by atoms with E-state index < -0.39 is 0 Å². The Bertz CT molecular complexity index is 765. The molecule has 0 spiro atoms. The van der Waals surface area contributed by atoms with Crippen molar-refractivity contribution in [2.45, 2.75) is 118 Å². The molecule has 3 nitrogen and oxygen atoms in total. The quantitative estimate of drug-likeness (QED) is 0.348. The zero-order valence-corrected chi connectivity index (χ0v) is 23.6. The van der Waals surface area contributed by atoms with Gasteiger partial charge in [0.25, 0.3) is 0 Å². The van der Waals surface area contributed by atoms with Crippen LogP contribution in [0.1, 0.15) is 106 Å². The SMILES string of the molecule is CC(N(C)C(=N)N(C)C(C)C12CC3CC(CC(C)(C3)C1C)C2)C12CC3CC(CC(C)(C3)C1C)C2. The van der Waals surface area contributed by atoms with E-state index in [-0.39, 0.29) is 0 Å². The molecule has 8 atom stereocenters. The Morgan fingerprint density at radius 2 is 0.941 bits per heavy atom. The first-order chi connectivity index (χ1) is 15.8. The molecule has 0 aromatic rings. The second-order valence-corrected chi connectivity index (χ2v) is 15.7. The molecular formula is C31H53N3. The van der Waals surface area contributed by atoms with Crippen LogP contribution in [-0.4, -0.2) is 41.9 Å². The van der Waals surface area contributed by atoms with Crippen LogP contribution in [-0.2, 0) is 0 Å². The third kappa shape index (κ3) is 2.91. The highest BCUT2D eigenvalue weighted by molar-refractivity contribution is 5.77. The van der Waals surface area contributed by atoms with Gasteiger partial charge in [-0.2, -0.15) is 0 Å². The molecule has 8 aliphatic carbocycles. The van der Waals surface area contributed by atoms with E-state index in [9.17, 15) is 5.41 Å². The molecule has 8 fully saturated rings. The van der Waals surface area contributed by atoms with Crippen LogP contribution in [0.3, 0.4) is 0 Å². The minimum Gasteiger partial charge on any atom is -0.343 e. The number of hydrogen-bond acceptors (Lipinski definition) is 1. The summed E-state index contributed by atoms with van der Waals surface area (Å²) in [5, 5.41) is 9.46. The Labute approximate surface area is 210 Å². The van der Waals surface area contributed by atoms with Gasteiger partial charge in [-0.15, -0.1) is 0 Å². The van der Waals surface area contributed by atoms with Crippen LogP contribution in [0.25, 0.3) is 0 Å². The Kier molecular flexibility index (Phi) is 5.00. The van der Waals surface area contributed by atoms with Crippen molar-refractivity contribution in [1.82, 2.24) is 9.80 Å². The number of rotatable bonds is 4. The van der Waals surface area contributed by atoms with E-state index in [0.717, 1.165) is 41.5 Å². The standard InChI is InChI=1S/C31H53N3/c1-19-28(5)11-23-9-24(12-28)16-30(19,15-23)21(3)33(7)27(32)34(8)22(4)31-17-25-10-26(18-31)14-29(6,13-25)20(31)2/h19-26,32H,9-18H2,1-8H3. The maximum absolute atomic E-state index is 9.46. The fraction of sp³-hybridized carbons (Fsp3) is 0.968. The normalized spacial score (nSPS) is 54.2. The summed E-state index contributed by atoms with van der Waals surface area (Å²) in [7, 11) is 4.52. The predicted molar refractivity (Wildman–Crippen MR) is 142 cm³/mol. The lowest BCUT2D eigenvalue weighted by molar-refractivity contribution is -0.178. The van der Waals surface area contributed by atoms with Crippen LogP contribution in [0.2, 0.25) is 0 Å². The first-order valence-corrected chi connectivity index (χ1v) is 14.9. The molecule has 0 heterocycles. The topological polar surface area (TPSA) is 30.3 Å². The van der Waals surface area contributed by atoms with Gasteiger partial charge < -0.3 is 9.80 Å². The Morgan fingerprint density at radius 1 is 0.647 bits per heavy atom. The van der Waals surface area contributed by atoms with E-state index >= 15 is 0 Å². The first-order valence-electron chi connectivity index (χ1n) is 14.9. The Balaban J connectivity index is 1.23. The molecule has 8 bridgehead atoms. The lowest BCUT2D eigenvalue weighted by Gasteiger charge is -2.69. The van der Waals surface area contributed by atoms with Crippen molar-refractivity contribution in [3.05, 3.63) is 0 Å². The maximum atomic E-state index is 9.46. The van der Waals surface area contributed by atoms with Gasteiger partial charge in [0, 0.05) is 26.2 Å². The molecule has 8 unspecified atom stereocenters. The molecule has 0 aromatic heterocycles. The third-order valence-electron chi connectivity index (χ3n) is 14.3. The summed E-state index contributed by atoms with van der Waals surface area (Å²) in [4.78, 5) is 4.83. The molecule has 192 valence electrons. The van der Waals surface area contributed by atoms with Crippen molar-refractivity contribution in [2.75, 3.05) is 14.1 Å². The van der Waals surface area contributed by atoms with Gasteiger partial charge in [0.05, 0.1) is 0 Å². The number of guanidine groups is 1. The largest absolute Gasteiger partial charge is 0.343 e. The van der Waals surface area contributed by atoms with Gasteiger partial charge in [0.1, 0.15) is 0 Å². The highest BCUT2D eigenvalue weighted by Gasteiger charge is 2.64. The van der Waals surface area contributed by atoms with Crippen LogP contribution < -0.4 is 0 Å². The van der Waals surface area contributed by atoms with Crippen LogP contribution in [0, 0.1) is 62.6 Å². The Hall–Kier alpha value is -0.730. The second-order valence-electron chi connectivity index (χ2n) is 15.7. The molecular weight excluding hydrogens is 414 g/mol. The van der Waals surface area contributed by atoms with Crippen molar-refractivity contribution in [2.24, 2.45) is 57.2 Å². The predicted octanol–water partition coefficient (Wildman–Crippen LogP) is 7.27.